The number of pyridine rings is 1. The lowest BCUT2D eigenvalue weighted by molar-refractivity contribution is -0.124. The molecule has 1 atom stereocenters. The molecule has 0 aliphatic rings. The van der Waals surface area contributed by atoms with E-state index in [2.05, 4.69) is 10.3 Å². The van der Waals surface area contributed by atoms with Crippen LogP contribution in [0.3, 0.4) is 0 Å². The first kappa shape index (κ1) is 14.5. The fourth-order valence-electron chi connectivity index (χ4n) is 2.27. The Kier molecular flexibility index (Phi) is 5.07. The van der Waals surface area contributed by atoms with Gasteiger partial charge in [0.25, 0.3) is 0 Å². The summed E-state index contributed by atoms with van der Waals surface area (Å²) in [6.07, 6.45) is 3.33. The van der Waals surface area contributed by atoms with Crippen LogP contribution in [0.25, 0.3) is 10.9 Å². The molecule has 0 saturated heterocycles. The summed E-state index contributed by atoms with van der Waals surface area (Å²) in [6.45, 7) is 3.08. The van der Waals surface area contributed by atoms with E-state index >= 15 is 0 Å². The van der Waals surface area contributed by atoms with Crippen LogP contribution in [0.5, 0.6) is 0 Å². The third-order valence-electron chi connectivity index (χ3n) is 3.39. The highest BCUT2D eigenvalue weighted by Gasteiger charge is 2.18. The van der Waals surface area contributed by atoms with Crippen molar-refractivity contribution in [3.63, 3.8) is 0 Å². The van der Waals surface area contributed by atoms with Crippen LogP contribution in [0.2, 0.25) is 0 Å². The van der Waals surface area contributed by atoms with E-state index in [1.54, 1.807) is 6.20 Å². The minimum Gasteiger partial charge on any atom is -0.356 e. The van der Waals surface area contributed by atoms with Crippen molar-refractivity contribution in [3.05, 3.63) is 42.1 Å². The number of nitrogens with two attached hydrogens (primary N) is 1. The number of nitrogens with zero attached hydrogens (tertiary/aromatic N) is 1. The van der Waals surface area contributed by atoms with E-state index in [0.29, 0.717) is 19.5 Å². The Bertz CT molecular complexity index is 577. The quantitative estimate of drug-likeness (QED) is 0.843. The molecule has 3 N–H and O–H groups in total. The predicted octanol–water partition coefficient (Wildman–Crippen LogP) is 1.88. The number of carbonyl (C=O) groups excluding carboxylic acids is 1. The second kappa shape index (κ2) is 7.01. The number of benzene rings is 1. The number of rotatable bonds is 6. The molecule has 1 heterocycles. The lowest BCUT2D eigenvalue weighted by Gasteiger charge is -2.15. The Morgan fingerprint density at radius 1 is 1.35 bits per heavy atom. The highest BCUT2D eigenvalue weighted by atomic mass is 16.1. The Morgan fingerprint density at radius 3 is 2.90 bits per heavy atom. The molecule has 1 aromatic heterocycles. The topological polar surface area (TPSA) is 68.0 Å². The van der Waals surface area contributed by atoms with Gasteiger partial charge in [-0.25, -0.2) is 0 Å². The highest BCUT2D eigenvalue weighted by Crippen LogP contribution is 2.19. The molecule has 1 unspecified atom stereocenters. The van der Waals surface area contributed by atoms with Crippen LogP contribution in [0.4, 0.5) is 0 Å². The highest BCUT2D eigenvalue weighted by molar-refractivity contribution is 5.83. The summed E-state index contributed by atoms with van der Waals surface area (Å²) in [5, 5.41) is 4.00. The smallest absolute Gasteiger partial charge is 0.224 e. The van der Waals surface area contributed by atoms with Gasteiger partial charge in [0.05, 0.1) is 11.4 Å². The number of nitrogens with one attached hydrogen (secondary N) is 1. The van der Waals surface area contributed by atoms with Gasteiger partial charge in [0.2, 0.25) is 5.91 Å². The molecule has 0 fully saturated rings. The predicted molar refractivity (Wildman–Crippen MR) is 81.3 cm³/mol. The standard InChI is InChI=1S/C16H21N3O/c1-2-8-19-16(20)14(11-17)10-13-6-3-5-12-7-4-9-18-15(12)13/h3-7,9,14H,2,8,10-11,17H2,1H3,(H,19,20). The van der Waals surface area contributed by atoms with Crippen LogP contribution in [-0.2, 0) is 11.2 Å². The SMILES string of the molecule is CCCNC(=O)C(CN)Cc1cccc2cccnc12. The number of carbonyl (C=O) groups is 1. The van der Waals surface area contributed by atoms with Crippen molar-refractivity contribution >= 4 is 16.8 Å². The normalized spacial score (nSPS) is 12.3. The number of para-hydroxylation sites is 1. The molecule has 2 rings (SSSR count). The molecule has 20 heavy (non-hydrogen) atoms. The summed E-state index contributed by atoms with van der Waals surface area (Å²) in [5.41, 5.74) is 7.79. The van der Waals surface area contributed by atoms with Crippen LogP contribution in [0.15, 0.2) is 36.5 Å². The molecule has 0 aliphatic heterocycles. The van der Waals surface area contributed by atoms with E-state index in [9.17, 15) is 4.79 Å². The molecule has 0 radical (unpaired) electrons. The van der Waals surface area contributed by atoms with Crippen molar-refractivity contribution < 1.29 is 4.79 Å². The van der Waals surface area contributed by atoms with E-state index in [1.807, 2.05) is 37.3 Å². The number of hydrogen-bond acceptors (Lipinski definition) is 3. The van der Waals surface area contributed by atoms with Crippen molar-refractivity contribution in [1.29, 1.82) is 0 Å². The summed E-state index contributed by atoms with van der Waals surface area (Å²) in [4.78, 5) is 16.5. The minimum atomic E-state index is -0.200. The van der Waals surface area contributed by atoms with Gasteiger partial charge in [-0.3, -0.25) is 9.78 Å². The van der Waals surface area contributed by atoms with Crippen LogP contribution >= 0.6 is 0 Å². The van der Waals surface area contributed by atoms with E-state index in [0.717, 1.165) is 22.9 Å². The average molecular weight is 271 g/mol. The molecular formula is C16H21N3O. The Balaban J connectivity index is 2.19. The maximum absolute atomic E-state index is 12.1. The van der Waals surface area contributed by atoms with Crippen LogP contribution < -0.4 is 11.1 Å². The molecule has 0 spiro atoms. The second-order valence-electron chi connectivity index (χ2n) is 4.92. The Morgan fingerprint density at radius 2 is 2.15 bits per heavy atom. The Hall–Kier alpha value is -1.94. The third kappa shape index (κ3) is 3.33. The van der Waals surface area contributed by atoms with Gasteiger partial charge in [-0.2, -0.15) is 0 Å². The average Bonchev–Trinajstić information content (AvgIpc) is 2.50. The first-order valence-corrected chi connectivity index (χ1v) is 7.06. The van der Waals surface area contributed by atoms with Gasteiger partial charge in [0, 0.05) is 24.7 Å². The fraction of sp³-hybridized carbons (Fsp3) is 0.375. The molecule has 1 aromatic carbocycles. The zero-order chi connectivity index (χ0) is 14.4. The maximum Gasteiger partial charge on any atom is 0.224 e. The number of fused-ring (bicyclic) bond motifs is 1. The summed E-state index contributed by atoms with van der Waals surface area (Å²) >= 11 is 0. The van der Waals surface area contributed by atoms with E-state index in [-0.39, 0.29) is 11.8 Å². The summed E-state index contributed by atoms with van der Waals surface area (Å²) in [6, 6.07) is 9.99. The molecule has 4 heteroatoms. The van der Waals surface area contributed by atoms with E-state index < -0.39 is 0 Å². The minimum absolute atomic E-state index is 0.0299. The third-order valence-corrected chi connectivity index (χ3v) is 3.39. The Labute approximate surface area is 119 Å². The van der Waals surface area contributed by atoms with Crippen molar-refractivity contribution in [2.24, 2.45) is 11.7 Å². The second-order valence-corrected chi connectivity index (χ2v) is 4.92. The van der Waals surface area contributed by atoms with Crippen molar-refractivity contribution in [1.82, 2.24) is 10.3 Å². The molecule has 4 nitrogen and oxygen atoms in total. The van der Waals surface area contributed by atoms with Crippen molar-refractivity contribution in [3.8, 4) is 0 Å². The van der Waals surface area contributed by atoms with Gasteiger partial charge >= 0.3 is 0 Å². The molecule has 0 saturated carbocycles. The van der Waals surface area contributed by atoms with Gasteiger partial charge in [0.15, 0.2) is 0 Å². The van der Waals surface area contributed by atoms with Gasteiger partial charge < -0.3 is 11.1 Å². The lowest BCUT2D eigenvalue weighted by Crippen LogP contribution is -2.36. The van der Waals surface area contributed by atoms with Crippen LogP contribution in [0.1, 0.15) is 18.9 Å². The lowest BCUT2D eigenvalue weighted by atomic mass is 9.96. The molecule has 0 aliphatic carbocycles. The largest absolute Gasteiger partial charge is 0.356 e. The molecule has 2 aromatic rings. The molecule has 1 amide bonds. The number of amides is 1. The van der Waals surface area contributed by atoms with Gasteiger partial charge in [-0.15, -0.1) is 0 Å². The summed E-state index contributed by atoms with van der Waals surface area (Å²) in [7, 11) is 0. The zero-order valence-corrected chi connectivity index (χ0v) is 11.8. The van der Waals surface area contributed by atoms with E-state index in [1.165, 1.54) is 0 Å². The van der Waals surface area contributed by atoms with Gasteiger partial charge in [0.1, 0.15) is 0 Å². The van der Waals surface area contributed by atoms with Crippen molar-refractivity contribution in [2.75, 3.05) is 13.1 Å². The maximum atomic E-state index is 12.1. The van der Waals surface area contributed by atoms with E-state index in [4.69, 9.17) is 5.73 Å². The first-order valence-electron chi connectivity index (χ1n) is 7.06. The molecular weight excluding hydrogens is 250 g/mol. The summed E-state index contributed by atoms with van der Waals surface area (Å²) < 4.78 is 0. The molecule has 0 bridgehead atoms. The van der Waals surface area contributed by atoms with Crippen LogP contribution in [-0.4, -0.2) is 24.0 Å². The van der Waals surface area contributed by atoms with Crippen molar-refractivity contribution in [2.45, 2.75) is 19.8 Å². The number of aromatic nitrogens is 1. The van der Waals surface area contributed by atoms with Gasteiger partial charge in [-0.1, -0.05) is 31.2 Å². The first-order chi connectivity index (χ1) is 9.76. The molecule has 106 valence electrons. The van der Waals surface area contributed by atoms with Gasteiger partial charge in [-0.05, 0) is 24.5 Å². The van der Waals surface area contributed by atoms with Crippen LogP contribution in [0, 0.1) is 5.92 Å². The fourth-order valence-corrected chi connectivity index (χ4v) is 2.27. The monoisotopic (exact) mass is 271 g/mol. The number of hydrogen-bond donors (Lipinski definition) is 2. The summed E-state index contributed by atoms with van der Waals surface area (Å²) in [5.74, 6) is -0.170. The zero-order valence-electron chi connectivity index (χ0n) is 11.8.